The Bertz CT molecular complexity index is 480. The second kappa shape index (κ2) is 4.41. The van der Waals surface area contributed by atoms with E-state index in [1.54, 1.807) is 0 Å². The van der Waals surface area contributed by atoms with Crippen molar-refractivity contribution in [3.05, 3.63) is 33.1 Å². The van der Waals surface area contributed by atoms with Crippen LogP contribution in [-0.2, 0) is 4.74 Å². The van der Waals surface area contributed by atoms with Crippen LogP contribution in [0.2, 0.25) is 0 Å². The number of H-pyrrole nitrogens is 1. The van der Waals surface area contributed by atoms with E-state index < -0.39 is 35.8 Å². The van der Waals surface area contributed by atoms with Crippen molar-refractivity contribution in [2.75, 3.05) is 6.61 Å². The molecule has 0 unspecified atom stereocenters. The van der Waals surface area contributed by atoms with Gasteiger partial charge < -0.3 is 25.0 Å². The molecule has 2 heterocycles. The molecule has 0 aromatic carbocycles. The van der Waals surface area contributed by atoms with Gasteiger partial charge >= 0.3 is 5.69 Å². The van der Waals surface area contributed by atoms with Crippen LogP contribution < -0.4 is 11.2 Å². The lowest BCUT2D eigenvalue weighted by molar-refractivity contribution is -0.212. The molecule has 1 fully saturated rings. The predicted molar refractivity (Wildman–Crippen MR) is 54.3 cm³/mol. The van der Waals surface area contributed by atoms with Crippen molar-refractivity contribution >= 4 is 0 Å². The molecule has 0 radical (unpaired) electrons. The van der Waals surface area contributed by atoms with Crippen LogP contribution in [0.25, 0.3) is 0 Å². The molecule has 1 aromatic rings. The molecule has 8 heteroatoms. The third-order valence-corrected chi connectivity index (χ3v) is 2.62. The van der Waals surface area contributed by atoms with E-state index in [1.165, 1.54) is 6.20 Å². The van der Waals surface area contributed by atoms with Crippen molar-refractivity contribution < 1.29 is 20.1 Å². The van der Waals surface area contributed by atoms with Gasteiger partial charge in [-0.05, 0) is 0 Å². The number of ether oxygens (including phenoxy) is 1. The zero-order valence-electron chi connectivity index (χ0n) is 8.68. The first-order valence-electron chi connectivity index (χ1n) is 4.98. The first-order chi connectivity index (χ1) is 8.02. The number of aliphatic hydroxyl groups excluding tert-OH is 3. The monoisotopic (exact) mass is 244 g/mol. The Morgan fingerprint density at radius 2 is 2.00 bits per heavy atom. The minimum absolute atomic E-state index is 0.274. The summed E-state index contributed by atoms with van der Waals surface area (Å²) in [5, 5.41) is 28.4. The highest BCUT2D eigenvalue weighted by molar-refractivity contribution is 4.90. The normalized spacial score (nSPS) is 33.6. The lowest BCUT2D eigenvalue weighted by Crippen LogP contribution is -2.54. The first kappa shape index (κ1) is 12.0. The van der Waals surface area contributed by atoms with Crippen molar-refractivity contribution in [2.45, 2.75) is 24.5 Å². The molecule has 0 bridgehead atoms. The van der Waals surface area contributed by atoms with Gasteiger partial charge in [-0.1, -0.05) is 0 Å². The van der Waals surface area contributed by atoms with Crippen molar-refractivity contribution in [1.29, 1.82) is 0 Å². The zero-order valence-corrected chi connectivity index (χ0v) is 8.68. The summed E-state index contributed by atoms with van der Waals surface area (Å²) in [4.78, 5) is 25.2. The molecule has 1 aliphatic rings. The van der Waals surface area contributed by atoms with Crippen LogP contribution in [0.15, 0.2) is 21.9 Å². The van der Waals surface area contributed by atoms with Gasteiger partial charge in [-0.3, -0.25) is 4.79 Å². The van der Waals surface area contributed by atoms with E-state index in [0.29, 0.717) is 4.57 Å². The van der Waals surface area contributed by atoms with Gasteiger partial charge in [0.25, 0.3) is 5.56 Å². The maximum Gasteiger partial charge on any atom is 0.330 e. The van der Waals surface area contributed by atoms with Gasteiger partial charge in [0.05, 0.1) is 6.61 Å². The number of hydrogen-bond acceptors (Lipinski definition) is 6. The number of aromatic amines is 1. The maximum absolute atomic E-state index is 11.5. The lowest BCUT2D eigenvalue weighted by atomic mass is 10.0. The summed E-state index contributed by atoms with van der Waals surface area (Å²) in [6.45, 7) is -0.274. The van der Waals surface area contributed by atoms with Gasteiger partial charge in [0, 0.05) is 12.3 Å². The summed E-state index contributed by atoms with van der Waals surface area (Å²) in [6.07, 6.45) is -4.42. The van der Waals surface area contributed by atoms with E-state index in [9.17, 15) is 24.9 Å². The third kappa shape index (κ3) is 2.03. The van der Waals surface area contributed by atoms with Crippen molar-refractivity contribution in [2.24, 2.45) is 0 Å². The Labute approximate surface area is 94.7 Å². The van der Waals surface area contributed by atoms with Crippen molar-refractivity contribution in [1.82, 2.24) is 9.55 Å². The molecule has 94 valence electrons. The van der Waals surface area contributed by atoms with Gasteiger partial charge in [0.2, 0.25) is 0 Å². The molecule has 4 atom stereocenters. The minimum Gasteiger partial charge on any atom is -0.388 e. The van der Waals surface area contributed by atoms with E-state index in [-0.39, 0.29) is 6.61 Å². The molecule has 8 nitrogen and oxygen atoms in total. The summed E-state index contributed by atoms with van der Waals surface area (Å²) in [7, 11) is 0. The molecule has 0 spiro atoms. The summed E-state index contributed by atoms with van der Waals surface area (Å²) in [5.74, 6) is 0. The number of hydrogen-bond donors (Lipinski definition) is 4. The zero-order chi connectivity index (χ0) is 12.6. The third-order valence-electron chi connectivity index (χ3n) is 2.62. The number of nitrogens with zero attached hydrogens (tertiary/aromatic N) is 1. The predicted octanol–water partition coefficient (Wildman–Crippen LogP) is -2.85. The molecule has 1 aromatic heterocycles. The Morgan fingerprint density at radius 3 is 2.65 bits per heavy atom. The first-order valence-corrected chi connectivity index (χ1v) is 4.98. The largest absolute Gasteiger partial charge is 0.388 e. The molecule has 0 amide bonds. The van der Waals surface area contributed by atoms with E-state index in [0.717, 1.165) is 6.07 Å². The van der Waals surface area contributed by atoms with Crippen LogP contribution >= 0.6 is 0 Å². The number of nitrogens with one attached hydrogen (secondary N) is 1. The standard InChI is InChI=1S/C9H12N2O6/c12-4-3-17-8(7(15)6(4)14)11-5(13)1-2-10-9(11)16/h1-2,4,6-8,12,14-15H,3H2,(H,10,16)/t4-,6-,7-,8-/m0/s1. The molecule has 4 N–H and O–H groups in total. The van der Waals surface area contributed by atoms with Gasteiger partial charge in [0.1, 0.15) is 18.3 Å². The Balaban J connectivity index is 2.41. The van der Waals surface area contributed by atoms with Gasteiger partial charge in [-0.15, -0.1) is 0 Å². The summed E-state index contributed by atoms with van der Waals surface area (Å²) in [5.41, 5.74) is -1.42. The summed E-state index contributed by atoms with van der Waals surface area (Å²) >= 11 is 0. The highest BCUT2D eigenvalue weighted by Gasteiger charge is 2.39. The van der Waals surface area contributed by atoms with Crippen molar-refractivity contribution in [3.63, 3.8) is 0 Å². The van der Waals surface area contributed by atoms with Gasteiger partial charge in [-0.25, -0.2) is 9.36 Å². The molecule has 1 aliphatic heterocycles. The summed E-state index contributed by atoms with van der Waals surface area (Å²) in [6, 6.07) is 1.09. The molecular formula is C9H12N2O6. The molecule has 0 aliphatic carbocycles. The Kier molecular flexibility index (Phi) is 3.11. The van der Waals surface area contributed by atoms with Crippen molar-refractivity contribution in [3.8, 4) is 0 Å². The number of rotatable bonds is 1. The van der Waals surface area contributed by atoms with E-state index in [1.807, 2.05) is 0 Å². The highest BCUT2D eigenvalue weighted by atomic mass is 16.5. The Hall–Kier alpha value is -1.48. The second-order valence-electron chi connectivity index (χ2n) is 3.76. The average Bonchev–Trinajstić information content (AvgIpc) is 2.29. The fraction of sp³-hybridized carbons (Fsp3) is 0.556. The molecule has 1 saturated heterocycles. The summed E-state index contributed by atoms with van der Waals surface area (Å²) < 4.78 is 5.66. The number of aromatic nitrogens is 2. The number of aliphatic hydroxyl groups is 3. The molecule has 0 saturated carbocycles. The van der Waals surface area contributed by atoms with E-state index in [4.69, 9.17) is 4.74 Å². The fourth-order valence-electron chi connectivity index (χ4n) is 1.69. The van der Waals surface area contributed by atoms with Crippen LogP contribution in [-0.4, -0.2) is 49.8 Å². The lowest BCUT2D eigenvalue weighted by Gasteiger charge is -2.35. The Morgan fingerprint density at radius 1 is 1.29 bits per heavy atom. The van der Waals surface area contributed by atoms with Gasteiger partial charge in [-0.2, -0.15) is 0 Å². The SMILES string of the molecule is O=c1cc[nH]c(=O)n1[C@H]1OC[C@H](O)[C@H](O)[C@@H]1O. The molecular weight excluding hydrogens is 232 g/mol. The van der Waals surface area contributed by atoms with E-state index in [2.05, 4.69) is 4.98 Å². The van der Waals surface area contributed by atoms with Crippen LogP contribution in [0.5, 0.6) is 0 Å². The van der Waals surface area contributed by atoms with Crippen LogP contribution in [0.4, 0.5) is 0 Å². The quantitative estimate of drug-likeness (QED) is 0.421. The second-order valence-corrected chi connectivity index (χ2v) is 3.76. The topological polar surface area (TPSA) is 125 Å². The van der Waals surface area contributed by atoms with Crippen LogP contribution in [0, 0.1) is 0 Å². The smallest absolute Gasteiger partial charge is 0.330 e. The maximum atomic E-state index is 11.5. The molecule has 17 heavy (non-hydrogen) atoms. The minimum atomic E-state index is -1.56. The van der Waals surface area contributed by atoms with Crippen LogP contribution in [0.3, 0.4) is 0 Å². The van der Waals surface area contributed by atoms with Gasteiger partial charge in [0.15, 0.2) is 6.23 Å². The fourth-order valence-corrected chi connectivity index (χ4v) is 1.69. The molecule has 2 rings (SSSR count). The van der Waals surface area contributed by atoms with E-state index >= 15 is 0 Å². The average molecular weight is 244 g/mol. The highest BCUT2D eigenvalue weighted by Crippen LogP contribution is 2.21. The van der Waals surface area contributed by atoms with Crippen LogP contribution in [0.1, 0.15) is 6.23 Å².